The number of benzene rings is 1. The van der Waals surface area contributed by atoms with Crippen LogP contribution < -0.4 is 5.32 Å². The SMILES string of the molecule is CNC(C)c1nnc(-c2ccccc2)s1. The van der Waals surface area contributed by atoms with E-state index in [9.17, 15) is 0 Å². The highest BCUT2D eigenvalue weighted by Crippen LogP contribution is 2.25. The molecule has 1 aromatic heterocycles. The number of rotatable bonds is 3. The van der Waals surface area contributed by atoms with Gasteiger partial charge in [0, 0.05) is 5.56 Å². The summed E-state index contributed by atoms with van der Waals surface area (Å²) >= 11 is 1.63. The molecule has 2 aromatic rings. The zero-order chi connectivity index (χ0) is 10.7. The van der Waals surface area contributed by atoms with E-state index in [1.165, 1.54) is 0 Å². The van der Waals surface area contributed by atoms with Crippen LogP contribution >= 0.6 is 11.3 Å². The van der Waals surface area contributed by atoms with Crippen molar-refractivity contribution in [2.24, 2.45) is 0 Å². The minimum Gasteiger partial charge on any atom is -0.311 e. The first-order valence-corrected chi connectivity index (χ1v) is 5.69. The fourth-order valence-electron chi connectivity index (χ4n) is 1.23. The maximum atomic E-state index is 4.18. The van der Waals surface area contributed by atoms with Crippen LogP contribution in [0.5, 0.6) is 0 Å². The molecular formula is C11H13N3S. The van der Waals surface area contributed by atoms with Gasteiger partial charge in [-0.1, -0.05) is 41.7 Å². The lowest BCUT2D eigenvalue weighted by Gasteiger charge is -2.02. The number of hydrogen-bond donors (Lipinski definition) is 1. The summed E-state index contributed by atoms with van der Waals surface area (Å²) in [7, 11) is 1.92. The zero-order valence-electron chi connectivity index (χ0n) is 8.77. The largest absolute Gasteiger partial charge is 0.311 e. The molecule has 1 atom stereocenters. The van der Waals surface area contributed by atoms with Gasteiger partial charge in [0.15, 0.2) is 0 Å². The standard InChI is InChI=1S/C11H13N3S/c1-8(12-2)10-13-14-11(15-10)9-6-4-3-5-7-9/h3-8,12H,1-2H3. The van der Waals surface area contributed by atoms with Gasteiger partial charge in [0.2, 0.25) is 0 Å². The van der Waals surface area contributed by atoms with E-state index in [1.54, 1.807) is 11.3 Å². The minimum absolute atomic E-state index is 0.264. The van der Waals surface area contributed by atoms with Crippen molar-refractivity contribution in [2.45, 2.75) is 13.0 Å². The molecule has 1 N–H and O–H groups in total. The molecule has 1 aromatic carbocycles. The molecule has 3 nitrogen and oxygen atoms in total. The quantitative estimate of drug-likeness (QED) is 0.861. The van der Waals surface area contributed by atoms with Crippen LogP contribution in [0.3, 0.4) is 0 Å². The fourth-order valence-corrected chi connectivity index (χ4v) is 2.14. The maximum absolute atomic E-state index is 4.18. The highest BCUT2D eigenvalue weighted by atomic mass is 32.1. The average molecular weight is 219 g/mol. The van der Waals surface area contributed by atoms with E-state index in [4.69, 9.17) is 0 Å². The number of nitrogens with zero attached hydrogens (tertiary/aromatic N) is 2. The molecule has 15 heavy (non-hydrogen) atoms. The lowest BCUT2D eigenvalue weighted by Crippen LogP contribution is -2.11. The Labute approximate surface area is 93.2 Å². The molecule has 0 amide bonds. The van der Waals surface area contributed by atoms with Crippen molar-refractivity contribution in [3.8, 4) is 10.6 Å². The second-order valence-corrected chi connectivity index (χ2v) is 4.33. The zero-order valence-corrected chi connectivity index (χ0v) is 9.58. The van der Waals surface area contributed by atoms with Crippen LogP contribution in [-0.4, -0.2) is 17.2 Å². The fraction of sp³-hybridized carbons (Fsp3) is 0.273. The Kier molecular flexibility index (Phi) is 3.08. The van der Waals surface area contributed by atoms with Gasteiger partial charge in [-0.25, -0.2) is 0 Å². The predicted octanol–water partition coefficient (Wildman–Crippen LogP) is 2.49. The molecule has 1 heterocycles. The molecule has 0 saturated carbocycles. The highest BCUT2D eigenvalue weighted by Gasteiger charge is 2.10. The molecule has 2 rings (SSSR count). The molecule has 1 unspecified atom stereocenters. The third-order valence-electron chi connectivity index (χ3n) is 2.26. The third-order valence-corrected chi connectivity index (χ3v) is 3.42. The molecule has 4 heteroatoms. The molecule has 0 saturated heterocycles. The van der Waals surface area contributed by atoms with Crippen LogP contribution in [0.25, 0.3) is 10.6 Å². The Morgan fingerprint density at radius 3 is 2.60 bits per heavy atom. The van der Waals surface area contributed by atoms with Crippen molar-refractivity contribution in [2.75, 3.05) is 7.05 Å². The van der Waals surface area contributed by atoms with Crippen LogP contribution in [0, 0.1) is 0 Å². The molecule has 78 valence electrons. The van der Waals surface area contributed by atoms with Crippen LogP contribution in [0.15, 0.2) is 30.3 Å². The van der Waals surface area contributed by atoms with Crippen LogP contribution in [0.1, 0.15) is 18.0 Å². The van der Waals surface area contributed by atoms with Crippen molar-refractivity contribution < 1.29 is 0 Å². The van der Waals surface area contributed by atoms with E-state index in [0.29, 0.717) is 0 Å². The molecule has 0 aliphatic rings. The van der Waals surface area contributed by atoms with Gasteiger partial charge in [-0.05, 0) is 14.0 Å². The lowest BCUT2D eigenvalue weighted by atomic mass is 10.2. The number of nitrogens with one attached hydrogen (secondary N) is 1. The maximum Gasteiger partial charge on any atom is 0.147 e. The Hall–Kier alpha value is -1.26. The molecule has 0 bridgehead atoms. The Morgan fingerprint density at radius 1 is 1.20 bits per heavy atom. The molecule has 0 radical (unpaired) electrons. The smallest absolute Gasteiger partial charge is 0.147 e. The van der Waals surface area contributed by atoms with E-state index in [0.717, 1.165) is 15.6 Å². The number of aromatic nitrogens is 2. The first-order valence-electron chi connectivity index (χ1n) is 4.87. The van der Waals surface area contributed by atoms with Gasteiger partial charge < -0.3 is 5.32 Å². The minimum atomic E-state index is 0.264. The summed E-state index contributed by atoms with van der Waals surface area (Å²) in [5.74, 6) is 0. The first-order chi connectivity index (χ1) is 7.31. The number of hydrogen-bond acceptors (Lipinski definition) is 4. The van der Waals surface area contributed by atoms with Crippen molar-refractivity contribution >= 4 is 11.3 Å². The summed E-state index contributed by atoms with van der Waals surface area (Å²) in [6.07, 6.45) is 0. The summed E-state index contributed by atoms with van der Waals surface area (Å²) in [4.78, 5) is 0. The van der Waals surface area contributed by atoms with Gasteiger partial charge in [0.05, 0.1) is 6.04 Å². The Balaban J connectivity index is 2.28. The van der Waals surface area contributed by atoms with Crippen molar-refractivity contribution in [1.29, 1.82) is 0 Å². The molecule has 0 aliphatic carbocycles. The van der Waals surface area contributed by atoms with Gasteiger partial charge in [-0.3, -0.25) is 0 Å². The third kappa shape index (κ3) is 2.22. The van der Waals surface area contributed by atoms with Gasteiger partial charge >= 0.3 is 0 Å². The summed E-state index contributed by atoms with van der Waals surface area (Å²) in [6.45, 7) is 2.08. The Morgan fingerprint density at radius 2 is 1.93 bits per heavy atom. The molecular weight excluding hydrogens is 206 g/mol. The van der Waals surface area contributed by atoms with Gasteiger partial charge in [0.25, 0.3) is 0 Å². The van der Waals surface area contributed by atoms with Crippen LogP contribution in [-0.2, 0) is 0 Å². The van der Waals surface area contributed by atoms with E-state index in [-0.39, 0.29) is 6.04 Å². The van der Waals surface area contributed by atoms with E-state index in [2.05, 4.69) is 22.4 Å². The van der Waals surface area contributed by atoms with Crippen LogP contribution in [0.4, 0.5) is 0 Å². The molecule has 0 spiro atoms. The van der Waals surface area contributed by atoms with Crippen molar-refractivity contribution in [1.82, 2.24) is 15.5 Å². The summed E-state index contributed by atoms with van der Waals surface area (Å²) in [5.41, 5.74) is 1.13. The summed E-state index contributed by atoms with van der Waals surface area (Å²) in [6, 6.07) is 10.4. The van der Waals surface area contributed by atoms with Crippen molar-refractivity contribution in [3.05, 3.63) is 35.3 Å². The summed E-state index contributed by atoms with van der Waals surface area (Å²) < 4.78 is 0. The normalized spacial score (nSPS) is 12.7. The second-order valence-electron chi connectivity index (χ2n) is 3.32. The van der Waals surface area contributed by atoms with E-state index in [1.807, 2.05) is 37.4 Å². The Bertz CT molecular complexity index is 424. The van der Waals surface area contributed by atoms with E-state index >= 15 is 0 Å². The second kappa shape index (κ2) is 4.51. The molecule has 0 aliphatic heterocycles. The monoisotopic (exact) mass is 219 g/mol. The first kappa shape index (κ1) is 10.3. The topological polar surface area (TPSA) is 37.8 Å². The lowest BCUT2D eigenvalue weighted by molar-refractivity contribution is 0.640. The van der Waals surface area contributed by atoms with Crippen LogP contribution in [0.2, 0.25) is 0 Å². The molecule has 0 fully saturated rings. The van der Waals surface area contributed by atoms with E-state index < -0.39 is 0 Å². The predicted molar refractivity (Wildman–Crippen MR) is 62.8 cm³/mol. The van der Waals surface area contributed by atoms with Crippen molar-refractivity contribution in [3.63, 3.8) is 0 Å². The highest BCUT2D eigenvalue weighted by molar-refractivity contribution is 7.14. The summed E-state index contributed by atoms with van der Waals surface area (Å²) in [5, 5.41) is 13.5. The van der Waals surface area contributed by atoms with Gasteiger partial charge in [0.1, 0.15) is 10.0 Å². The average Bonchev–Trinajstić information content (AvgIpc) is 2.78. The van der Waals surface area contributed by atoms with Gasteiger partial charge in [-0.15, -0.1) is 10.2 Å². The van der Waals surface area contributed by atoms with Gasteiger partial charge in [-0.2, -0.15) is 0 Å².